The lowest BCUT2D eigenvalue weighted by Crippen LogP contribution is -2.03. The molecule has 1 rings (SSSR count). The number of aryl methyl sites for hydroxylation is 1. The molecule has 0 amide bonds. The largest absolute Gasteiger partial charge is 0.316 e. The number of likely N-dealkylation sites (N-methyl/N-ethyl adjacent to an activating group) is 1. The molecule has 0 aliphatic heterocycles. The number of halogens is 1. The highest BCUT2D eigenvalue weighted by Gasteiger charge is 1.96. The first kappa shape index (κ1) is 9.86. The van der Waals surface area contributed by atoms with Crippen molar-refractivity contribution < 1.29 is 4.39 Å². The van der Waals surface area contributed by atoms with Crippen molar-refractivity contribution in [3.8, 4) is 0 Å². The molecule has 2 nitrogen and oxygen atoms in total. The summed E-state index contributed by atoms with van der Waals surface area (Å²) in [4.78, 5) is 3.71. The van der Waals surface area contributed by atoms with E-state index in [2.05, 4.69) is 10.3 Å². The van der Waals surface area contributed by atoms with Crippen molar-refractivity contribution in [3.63, 3.8) is 0 Å². The number of pyridine rings is 1. The van der Waals surface area contributed by atoms with Gasteiger partial charge in [-0.15, -0.1) is 0 Å². The zero-order valence-electron chi connectivity index (χ0n) is 7.84. The Labute approximate surface area is 77.5 Å². The van der Waals surface area contributed by atoms with Crippen LogP contribution < -0.4 is 5.32 Å². The Balaban J connectivity index is 2.77. The van der Waals surface area contributed by atoms with Crippen molar-refractivity contribution in [2.45, 2.75) is 6.92 Å². The third-order valence-electron chi connectivity index (χ3n) is 1.71. The van der Waals surface area contributed by atoms with E-state index in [1.54, 1.807) is 13.0 Å². The van der Waals surface area contributed by atoms with Crippen LogP contribution in [0.5, 0.6) is 0 Å². The van der Waals surface area contributed by atoms with Gasteiger partial charge >= 0.3 is 0 Å². The van der Waals surface area contributed by atoms with E-state index in [1.807, 2.05) is 19.2 Å². The average molecular weight is 180 g/mol. The molecule has 13 heavy (non-hydrogen) atoms. The summed E-state index contributed by atoms with van der Waals surface area (Å²) in [5.74, 6) is -0.428. The highest BCUT2D eigenvalue weighted by Crippen LogP contribution is 2.07. The van der Waals surface area contributed by atoms with Gasteiger partial charge in [0, 0.05) is 12.2 Å². The van der Waals surface area contributed by atoms with Crippen molar-refractivity contribution >= 4 is 6.08 Å². The van der Waals surface area contributed by atoms with Gasteiger partial charge in [0.15, 0.2) is 0 Å². The molecule has 0 radical (unpaired) electrons. The number of rotatable bonds is 3. The molecule has 0 unspecified atom stereocenters. The maximum atomic E-state index is 12.6. The molecule has 0 saturated carbocycles. The van der Waals surface area contributed by atoms with E-state index in [0.29, 0.717) is 5.69 Å². The Kier molecular flexibility index (Phi) is 3.58. The lowest BCUT2D eigenvalue weighted by atomic mass is 10.2. The van der Waals surface area contributed by atoms with E-state index in [4.69, 9.17) is 0 Å². The zero-order chi connectivity index (χ0) is 9.68. The van der Waals surface area contributed by atoms with Gasteiger partial charge in [0.2, 0.25) is 5.95 Å². The van der Waals surface area contributed by atoms with Crippen molar-refractivity contribution in [1.82, 2.24) is 10.3 Å². The van der Waals surface area contributed by atoms with E-state index < -0.39 is 5.95 Å². The second-order valence-electron chi connectivity index (χ2n) is 2.77. The van der Waals surface area contributed by atoms with Crippen LogP contribution in [-0.4, -0.2) is 18.6 Å². The van der Waals surface area contributed by atoms with Gasteiger partial charge in [-0.25, -0.2) is 4.98 Å². The molecule has 3 heteroatoms. The molecule has 1 N–H and O–H groups in total. The normalized spacial score (nSPS) is 11.0. The number of hydrogen-bond acceptors (Lipinski definition) is 2. The average Bonchev–Trinajstić information content (AvgIpc) is 2.09. The van der Waals surface area contributed by atoms with Crippen LogP contribution in [0, 0.1) is 12.9 Å². The number of nitrogens with zero attached hydrogens (tertiary/aromatic N) is 1. The predicted molar refractivity (Wildman–Crippen MR) is 51.9 cm³/mol. The van der Waals surface area contributed by atoms with Crippen LogP contribution in [0.4, 0.5) is 4.39 Å². The van der Waals surface area contributed by atoms with E-state index in [0.717, 1.165) is 12.1 Å². The van der Waals surface area contributed by atoms with E-state index in [-0.39, 0.29) is 0 Å². The van der Waals surface area contributed by atoms with Crippen molar-refractivity contribution in [1.29, 1.82) is 0 Å². The van der Waals surface area contributed by atoms with Crippen molar-refractivity contribution in [3.05, 3.63) is 35.4 Å². The molecule has 1 aromatic rings. The smallest absolute Gasteiger partial charge is 0.213 e. The molecule has 0 bridgehead atoms. The minimum absolute atomic E-state index is 0.428. The predicted octanol–water partition coefficient (Wildman–Crippen LogP) is 1.76. The third-order valence-corrected chi connectivity index (χ3v) is 1.71. The Bertz CT molecular complexity index is 308. The van der Waals surface area contributed by atoms with E-state index in [1.165, 1.54) is 6.07 Å². The Morgan fingerprint density at radius 1 is 1.54 bits per heavy atom. The van der Waals surface area contributed by atoms with Crippen LogP contribution in [0.25, 0.3) is 6.08 Å². The third kappa shape index (κ3) is 2.95. The van der Waals surface area contributed by atoms with Gasteiger partial charge in [-0.05, 0) is 31.7 Å². The molecule has 70 valence electrons. The fourth-order valence-electron chi connectivity index (χ4n) is 1.02. The molecular weight excluding hydrogens is 167 g/mol. The van der Waals surface area contributed by atoms with Gasteiger partial charge in [0.1, 0.15) is 0 Å². The van der Waals surface area contributed by atoms with Crippen LogP contribution in [0.15, 0.2) is 18.2 Å². The van der Waals surface area contributed by atoms with Gasteiger partial charge in [0.05, 0.1) is 0 Å². The SMILES string of the molecule is CNCC=Cc1ccc(F)nc1C. The van der Waals surface area contributed by atoms with Crippen LogP contribution >= 0.6 is 0 Å². The Hall–Kier alpha value is -1.22. The maximum Gasteiger partial charge on any atom is 0.213 e. The van der Waals surface area contributed by atoms with E-state index in [9.17, 15) is 4.39 Å². The highest BCUT2D eigenvalue weighted by molar-refractivity contribution is 5.51. The summed E-state index contributed by atoms with van der Waals surface area (Å²) in [5.41, 5.74) is 1.67. The van der Waals surface area contributed by atoms with Crippen LogP contribution in [0.2, 0.25) is 0 Å². The van der Waals surface area contributed by atoms with Gasteiger partial charge in [-0.3, -0.25) is 0 Å². The summed E-state index contributed by atoms with van der Waals surface area (Å²) in [6.45, 7) is 2.60. The van der Waals surface area contributed by atoms with E-state index >= 15 is 0 Å². The zero-order valence-corrected chi connectivity index (χ0v) is 7.84. The fraction of sp³-hybridized carbons (Fsp3) is 0.300. The molecule has 1 heterocycles. The van der Waals surface area contributed by atoms with Gasteiger partial charge in [0.25, 0.3) is 0 Å². The fourth-order valence-corrected chi connectivity index (χ4v) is 1.02. The first-order valence-corrected chi connectivity index (χ1v) is 4.18. The number of nitrogens with one attached hydrogen (secondary N) is 1. The first-order chi connectivity index (χ1) is 6.24. The molecule has 0 aliphatic carbocycles. The molecular formula is C10H13FN2. The summed E-state index contributed by atoms with van der Waals surface area (Å²) in [6, 6.07) is 3.09. The second-order valence-corrected chi connectivity index (χ2v) is 2.77. The maximum absolute atomic E-state index is 12.6. The summed E-state index contributed by atoms with van der Waals surface area (Å²) >= 11 is 0. The molecule has 0 saturated heterocycles. The second kappa shape index (κ2) is 4.72. The topological polar surface area (TPSA) is 24.9 Å². The lowest BCUT2D eigenvalue weighted by molar-refractivity contribution is 0.580. The van der Waals surface area contributed by atoms with Gasteiger partial charge in [-0.1, -0.05) is 12.2 Å². The minimum Gasteiger partial charge on any atom is -0.316 e. The molecule has 0 aromatic carbocycles. The molecule has 1 aromatic heterocycles. The van der Waals surface area contributed by atoms with Crippen molar-refractivity contribution in [2.24, 2.45) is 0 Å². The minimum atomic E-state index is -0.428. The monoisotopic (exact) mass is 180 g/mol. The van der Waals surface area contributed by atoms with Crippen LogP contribution in [-0.2, 0) is 0 Å². The summed E-state index contributed by atoms with van der Waals surface area (Å²) in [7, 11) is 1.88. The Morgan fingerprint density at radius 2 is 2.31 bits per heavy atom. The van der Waals surface area contributed by atoms with Gasteiger partial charge < -0.3 is 5.32 Å². The van der Waals surface area contributed by atoms with Gasteiger partial charge in [-0.2, -0.15) is 4.39 Å². The van der Waals surface area contributed by atoms with Crippen LogP contribution in [0.3, 0.4) is 0 Å². The quantitative estimate of drug-likeness (QED) is 0.717. The number of hydrogen-bond donors (Lipinski definition) is 1. The molecule has 0 atom stereocenters. The highest BCUT2D eigenvalue weighted by atomic mass is 19.1. The Morgan fingerprint density at radius 3 is 2.92 bits per heavy atom. The first-order valence-electron chi connectivity index (χ1n) is 4.18. The van der Waals surface area contributed by atoms with Crippen LogP contribution in [0.1, 0.15) is 11.3 Å². The standard InChI is InChI=1S/C10H13FN2/c1-8-9(4-3-7-12-2)5-6-10(11)13-8/h3-6,12H,7H2,1-2H3. The number of aromatic nitrogens is 1. The molecule has 0 spiro atoms. The van der Waals surface area contributed by atoms with Crippen molar-refractivity contribution in [2.75, 3.05) is 13.6 Å². The summed E-state index contributed by atoms with van der Waals surface area (Å²) < 4.78 is 12.6. The molecule has 0 aliphatic rings. The summed E-state index contributed by atoms with van der Waals surface area (Å²) in [6.07, 6.45) is 3.90. The molecule has 0 fully saturated rings. The summed E-state index contributed by atoms with van der Waals surface area (Å²) in [5, 5.41) is 2.99. The lowest BCUT2D eigenvalue weighted by Gasteiger charge is -1.98.